The molecule has 2 rings (SSSR count). The second kappa shape index (κ2) is 80.8. The SMILES string of the molecule is CCCCCCCCC/C=C/CCCCCCCCCOC(=O)c1cccc(S(=O)(=O)[O-])c1C(=O)OCCCCCCCCC/C=C/CCCCCCCCC.CCCCCCCCC/C=C/CCCCCCCCCOC(=O)c1cccc(S(=O)(=O)[O-])c1C(=O)OCCCCCCCCC/C=C/CCCCCCCCC.[Ca+2]. The van der Waals surface area contributed by atoms with E-state index < -0.39 is 65.0 Å². The van der Waals surface area contributed by atoms with Crippen molar-refractivity contribution in [3.8, 4) is 0 Å². The average Bonchev–Trinajstić information content (AvgIpc) is 0.797. The van der Waals surface area contributed by atoms with Crippen LogP contribution in [0.25, 0.3) is 0 Å². The Kier molecular flexibility index (Phi) is 78.2. The Hall–Kier alpha value is -3.64. The standard InChI is InChI=1S/2C48H82O7S.Ca/c2*1-3-5-7-9-11-13-15-17-19-21-23-25-27-29-31-33-35-37-42-54-47(49)44-40-39-41-45(56(51,52)53)46(44)48(50)55-43-38-36-34-32-30-28-26-24-22-20-18-16-14-12-10-8-6-4-2;/h2*19-22,39-41H,3-18,23-38,42-43H2,1-2H3,(H,51,52,53);/q;;+2/p-2/b2*21-19+,22-20+;. The van der Waals surface area contributed by atoms with Gasteiger partial charge >= 0.3 is 61.6 Å². The molecular weight excluding hydrogens is 1480 g/mol. The Morgan fingerprint density at radius 1 is 0.248 bits per heavy atom. The summed E-state index contributed by atoms with van der Waals surface area (Å²) >= 11 is 0. The van der Waals surface area contributed by atoms with Crippen LogP contribution in [0.5, 0.6) is 0 Å². The second-order valence-corrected chi connectivity index (χ2v) is 34.1. The fraction of sp³-hybridized carbons (Fsp3) is 0.750. The molecular formula is C96H162CaO14S2. The first-order valence-electron chi connectivity index (χ1n) is 46.1. The number of esters is 4. The molecule has 0 N–H and O–H groups in total. The number of hydrogen-bond donors (Lipinski definition) is 0. The monoisotopic (exact) mass is 1640 g/mol. The van der Waals surface area contributed by atoms with Crippen LogP contribution in [0.4, 0.5) is 0 Å². The van der Waals surface area contributed by atoms with Gasteiger partial charge < -0.3 is 28.1 Å². The van der Waals surface area contributed by atoms with E-state index in [1.807, 2.05) is 0 Å². The van der Waals surface area contributed by atoms with E-state index in [1.165, 1.54) is 307 Å². The number of allylic oxidation sites excluding steroid dienone is 8. The molecule has 2 aromatic carbocycles. The van der Waals surface area contributed by atoms with Gasteiger partial charge in [0.25, 0.3) is 0 Å². The van der Waals surface area contributed by atoms with Gasteiger partial charge in [0.05, 0.1) is 58.5 Å². The minimum Gasteiger partial charge on any atom is -0.744 e. The van der Waals surface area contributed by atoms with Gasteiger partial charge in [0.2, 0.25) is 0 Å². The van der Waals surface area contributed by atoms with Crippen LogP contribution in [0.2, 0.25) is 0 Å². The Bertz CT molecular complexity index is 2740. The van der Waals surface area contributed by atoms with E-state index in [0.29, 0.717) is 25.7 Å². The molecule has 0 atom stereocenters. The molecule has 0 saturated carbocycles. The number of carbonyl (C=O) groups is 4. The predicted octanol–water partition coefficient (Wildman–Crippen LogP) is 28.7. The summed E-state index contributed by atoms with van der Waals surface area (Å²) in [5, 5.41) is 0. The maximum atomic E-state index is 13.0. The molecule has 0 heterocycles. The van der Waals surface area contributed by atoms with Crippen LogP contribution in [0.15, 0.2) is 94.8 Å². The topological polar surface area (TPSA) is 220 Å². The number of unbranched alkanes of at least 4 members (excludes halogenated alkanes) is 56. The second-order valence-electron chi connectivity index (χ2n) is 31.4. The maximum absolute atomic E-state index is 13.0. The van der Waals surface area contributed by atoms with Gasteiger partial charge in [-0.05, 0) is 153 Å². The average molecular weight is 1640 g/mol. The van der Waals surface area contributed by atoms with Crippen LogP contribution in [0.3, 0.4) is 0 Å². The number of carbonyl (C=O) groups excluding carboxylic acids is 4. The van der Waals surface area contributed by atoms with Crippen LogP contribution in [0.1, 0.15) is 480 Å². The molecule has 0 amide bonds. The largest absolute Gasteiger partial charge is 2.00 e. The number of ether oxygens (including phenoxy) is 4. The Morgan fingerprint density at radius 2 is 0.407 bits per heavy atom. The third-order valence-electron chi connectivity index (χ3n) is 21.0. The fourth-order valence-corrected chi connectivity index (χ4v) is 15.4. The molecule has 0 unspecified atom stereocenters. The molecule has 2 aromatic rings. The zero-order valence-electron chi connectivity index (χ0n) is 72.4. The van der Waals surface area contributed by atoms with Gasteiger partial charge in [0.15, 0.2) is 0 Å². The molecule has 14 nitrogen and oxygen atoms in total. The first-order valence-corrected chi connectivity index (χ1v) is 48.9. The van der Waals surface area contributed by atoms with Gasteiger partial charge in [-0.25, -0.2) is 36.0 Å². The van der Waals surface area contributed by atoms with Gasteiger partial charge in [-0.2, -0.15) is 0 Å². The van der Waals surface area contributed by atoms with Gasteiger partial charge in [-0.15, -0.1) is 0 Å². The summed E-state index contributed by atoms with van der Waals surface area (Å²) in [6.45, 7) is 9.50. The van der Waals surface area contributed by atoms with Crippen molar-refractivity contribution >= 4 is 81.9 Å². The Labute approximate surface area is 722 Å². The van der Waals surface area contributed by atoms with E-state index in [-0.39, 0.29) is 75.3 Å². The van der Waals surface area contributed by atoms with Crippen LogP contribution in [-0.2, 0) is 39.2 Å². The van der Waals surface area contributed by atoms with Crippen LogP contribution in [0, 0.1) is 0 Å². The van der Waals surface area contributed by atoms with Crippen molar-refractivity contribution in [2.75, 3.05) is 26.4 Å². The zero-order valence-corrected chi connectivity index (χ0v) is 76.2. The minimum atomic E-state index is -5.02. The quantitative estimate of drug-likeness (QED) is 0.0150. The number of rotatable bonds is 78. The normalized spacial score (nSPS) is 11.8. The van der Waals surface area contributed by atoms with Gasteiger partial charge in [-0.3, -0.25) is 0 Å². The molecule has 0 aromatic heterocycles. The molecule has 17 heteroatoms. The van der Waals surface area contributed by atoms with Crippen molar-refractivity contribution in [1.82, 2.24) is 0 Å². The van der Waals surface area contributed by atoms with E-state index in [2.05, 4.69) is 76.3 Å². The Morgan fingerprint density at radius 3 is 0.584 bits per heavy atom. The van der Waals surface area contributed by atoms with E-state index in [0.717, 1.165) is 115 Å². The van der Waals surface area contributed by atoms with Crippen molar-refractivity contribution in [3.63, 3.8) is 0 Å². The van der Waals surface area contributed by atoms with Gasteiger partial charge in [0, 0.05) is 0 Å². The first-order chi connectivity index (χ1) is 54.6. The summed E-state index contributed by atoms with van der Waals surface area (Å²) in [5.74, 6) is -3.64. The summed E-state index contributed by atoms with van der Waals surface area (Å²) in [7, 11) is -10.0. The summed E-state index contributed by atoms with van der Waals surface area (Å²) in [6, 6.07) is 7.25. The molecule has 0 spiro atoms. The first kappa shape index (κ1) is 109. The third kappa shape index (κ3) is 65.9. The minimum absolute atomic E-state index is 0. The molecule has 113 heavy (non-hydrogen) atoms. The summed E-state index contributed by atoms with van der Waals surface area (Å²) in [5.41, 5.74) is -1.57. The van der Waals surface area contributed by atoms with E-state index in [4.69, 9.17) is 18.9 Å². The summed E-state index contributed by atoms with van der Waals surface area (Å²) in [4.78, 5) is 50.4. The molecule has 0 fully saturated rings. The van der Waals surface area contributed by atoms with E-state index in [9.17, 15) is 45.1 Å². The maximum Gasteiger partial charge on any atom is 2.00 e. The molecule has 0 saturated heterocycles. The zero-order chi connectivity index (χ0) is 81.6. The van der Waals surface area contributed by atoms with Gasteiger partial charge in [-0.1, -0.05) is 371 Å². The van der Waals surface area contributed by atoms with Crippen molar-refractivity contribution < 1.29 is 64.1 Å². The Balaban J connectivity index is 0.00000220. The van der Waals surface area contributed by atoms with Crippen LogP contribution < -0.4 is 0 Å². The number of benzene rings is 2. The van der Waals surface area contributed by atoms with Crippen LogP contribution in [-0.4, -0.2) is 114 Å². The fourth-order valence-electron chi connectivity index (χ4n) is 14.0. The molecule has 0 bridgehead atoms. The molecule has 0 aliphatic carbocycles. The predicted molar refractivity (Wildman–Crippen MR) is 470 cm³/mol. The molecule has 0 aliphatic heterocycles. The van der Waals surface area contributed by atoms with Crippen molar-refractivity contribution in [3.05, 3.63) is 107 Å². The van der Waals surface area contributed by atoms with E-state index in [1.54, 1.807) is 0 Å². The van der Waals surface area contributed by atoms with Crippen molar-refractivity contribution in [2.24, 2.45) is 0 Å². The smallest absolute Gasteiger partial charge is 0.744 e. The molecule has 0 aliphatic rings. The molecule has 0 radical (unpaired) electrons. The third-order valence-corrected chi connectivity index (χ3v) is 22.8. The summed E-state index contributed by atoms with van der Waals surface area (Å²) < 4.78 is 93.6. The van der Waals surface area contributed by atoms with Crippen molar-refractivity contribution in [2.45, 2.75) is 448 Å². The van der Waals surface area contributed by atoms with Crippen molar-refractivity contribution in [1.29, 1.82) is 0 Å². The number of hydrogen-bond acceptors (Lipinski definition) is 14. The van der Waals surface area contributed by atoms with E-state index >= 15 is 0 Å². The summed E-state index contributed by atoms with van der Waals surface area (Å²) in [6.07, 6.45) is 95.0. The molecule has 644 valence electrons. The van der Waals surface area contributed by atoms with Gasteiger partial charge in [0.1, 0.15) is 20.2 Å². The van der Waals surface area contributed by atoms with Crippen LogP contribution >= 0.6 is 0 Å².